The van der Waals surface area contributed by atoms with E-state index in [0.717, 1.165) is 32.8 Å². The number of ether oxygens (including phenoxy) is 1. The number of nitrogens with zero attached hydrogens (tertiary/aromatic N) is 1. The molecule has 0 heterocycles. The Bertz CT molecular complexity index is 375. The standard InChI is InChI=1S/C17H29NO.ClH/c1-6-18(7-2)10-11-19-13-16-12-15(5)8-9-17(16)14(3)4;/h8-9,12,14H,6-7,10-11,13H2,1-5H3;1H. The van der Waals surface area contributed by atoms with Crippen LogP contribution in [0.1, 0.15) is 50.3 Å². The van der Waals surface area contributed by atoms with Crippen molar-refractivity contribution in [2.75, 3.05) is 26.2 Å². The zero-order valence-corrected chi connectivity index (χ0v) is 14.4. The van der Waals surface area contributed by atoms with Crippen LogP contribution in [0.15, 0.2) is 18.2 Å². The maximum atomic E-state index is 5.86. The molecule has 0 saturated carbocycles. The van der Waals surface area contributed by atoms with Crippen LogP contribution in [-0.4, -0.2) is 31.1 Å². The minimum Gasteiger partial charge on any atom is -0.375 e. The van der Waals surface area contributed by atoms with E-state index in [1.807, 2.05) is 0 Å². The lowest BCUT2D eigenvalue weighted by atomic mass is 9.96. The van der Waals surface area contributed by atoms with Crippen molar-refractivity contribution >= 4 is 12.4 Å². The topological polar surface area (TPSA) is 12.5 Å². The molecule has 0 aliphatic rings. The van der Waals surface area contributed by atoms with E-state index in [-0.39, 0.29) is 12.4 Å². The summed E-state index contributed by atoms with van der Waals surface area (Å²) in [6, 6.07) is 6.69. The number of hydrogen-bond donors (Lipinski definition) is 0. The summed E-state index contributed by atoms with van der Waals surface area (Å²) in [6.45, 7) is 15.8. The lowest BCUT2D eigenvalue weighted by molar-refractivity contribution is 0.0950. The molecule has 1 aromatic carbocycles. The summed E-state index contributed by atoms with van der Waals surface area (Å²) in [6.07, 6.45) is 0. The Labute approximate surface area is 130 Å². The van der Waals surface area contributed by atoms with Crippen LogP contribution in [0.3, 0.4) is 0 Å². The number of hydrogen-bond acceptors (Lipinski definition) is 2. The first-order valence-corrected chi connectivity index (χ1v) is 7.48. The molecule has 1 aromatic rings. The van der Waals surface area contributed by atoms with Crippen LogP contribution < -0.4 is 0 Å². The Morgan fingerprint density at radius 1 is 1.15 bits per heavy atom. The highest BCUT2D eigenvalue weighted by Crippen LogP contribution is 2.21. The molecule has 0 bridgehead atoms. The molecule has 0 unspecified atom stereocenters. The van der Waals surface area contributed by atoms with E-state index >= 15 is 0 Å². The van der Waals surface area contributed by atoms with E-state index in [1.54, 1.807) is 0 Å². The van der Waals surface area contributed by atoms with E-state index in [0.29, 0.717) is 5.92 Å². The largest absolute Gasteiger partial charge is 0.375 e. The highest BCUT2D eigenvalue weighted by atomic mass is 35.5. The third kappa shape index (κ3) is 6.25. The molecule has 0 N–H and O–H groups in total. The van der Waals surface area contributed by atoms with Crippen molar-refractivity contribution in [3.63, 3.8) is 0 Å². The fourth-order valence-electron chi connectivity index (χ4n) is 2.34. The molecule has 0 amide bonds. The summed E-state index contributed by atoms with van der Waals surface area (Å²) in [4.78, 5) is 2.39. The van der Waals surface area contributed by atoms with E-state index in [2.05, 4.69) is 57.7 Å². The average molecular weight is 300 g/mol. The van der Waals surface area contributed by atoms with Crippen molar-refractivity contribution in [1.29, 1.82) is 0 Å². The van der Waals surface area contributed by atoms with Gasteiger partial charge in [0.1, 0.15) is 0 Å². The van der Waals surface area contributed by atoms with E-state index < -0.39 is 0 Å². The van der Waals surface area contributed by atoms with Crippen LogP contribution in [-0.2, 0) is 11.3 Å². The highest BCUT2D eigenvalue weighted by Gasteiger charge is 2.07. The molecular weight excluding hydrogens is 270 g/mol. The summed E-state index contributed by atoms with van der Waals surface area (Å²) < 4.78 is 5.86. The predicted molar refractivity (Wildman–Crippen MR) is 90.0 cm³/mol. The first kappa shape index (κ1) is 19.4. The molecule has 116 valence electrons. The molecule has 0 atom stereocenters. The summed E-state index contributed by atoms with van der Waals surface area (Å²) in [5.41, 5.74) is 4.06. The van der Waals surface area contributed by atoms with Gasteiger partial charge in [0.05, 0.1) is 13.2 Å². The smallest absolute Gasteiger partial charge is 0.0720 e. The van der Waals surface area contributed by atoms with Gasteiger partial charge in [-0.3, -0.25) is 0 Å². The van der Waals surface area contributed by atoms with Gasteiger partial charge in [-0.15, -0.1) is 12.4 Å². The van der Waals surface area contributed by atoms with Crippen molar-refractivity contribution in [1.82, 2.24) is 4.90 Å². The molecule has 3 heteroatoms. The maximum absolute atomic E-state index is 5.86. The zero-order chi connectivity index (χ0) is 14.3. The third-order valence-electron chi connectivity index (χ3n) is 3.62. The monoisotopic (exact) mass is 299 g/mol. The third-order valence-corrected chi connectivity index (χ3v) is 3.62. The van der Waals surface area contributed by atoms with Crippen LogP contribution in [0.5, 0.6) is 0 Å². The molecule has 0 spiro atoms. The number of halogens is 1. The Morgan fingerprint density at radius 2 is 1.80 bits per heavy atom. The molecule has 0 aliphatic heterocycles. The first-order chi connectivity index (χ1) is 9.08. The molecule has 0 fully saturated rings. The Kier molecular flexibility index (Phi) is 9.91. The number of benzene rings is 1. The van der Waals surface area contributed by atoms with Crippen molar-refractivity contribution < 1.29 is 4.74 Å². The predicted octanol–water partition coefficient (Wildman–Crippen LogP) is 4.40. The van der Waals surface area contributed by atoms with Crippen LogP contribution >= 0.6 is 12.4 Å². The van der Waals surface area contributed by atoms with Gasteiger partial charge in [0.25, 0.3) is 0 Å². The lowest BCUT2D eigenvalue weighted by Gasteiger charge is -2.18. The Morgan fingerprint density at radius 3 is 2.35 bits per heavy atom. The fourth-order valence-corrected chi connectivity index (χ4v) is 2.34. The number of likely N-dealkylation sites (N-methyl/N-ethyl adjacent to an activating group) is 1. The van der Waals surface area contributed by atoms with Crippen molar-refractivity contribution in [3.05, 3.63) is 34.9 Å². The van der Waals surface area contributed by atoms with Gasteiger partial charge in [0.15, 0.2) is 0 Å². The van der Waals surface area contributed by atoms with Gasteiger partial charge >= 0.3 is 0 Å². The average Bonchev–Trinajstić information content (AvgIpc) is 2.38. The second-order valence-electron chi connectivity index (χ2n) is 5.44. The molecule has 0 aromatic heterocycles. The maximum Gasteiger partial charge on any atom is 0.0720 e. The quantitative estimate of drug-likeness (QED) is 0.660. The van der Waals surface area contributed by atoms with Crippen LogP contribution in [0.4, 0.5) is 0 Å². The molecule has 2 nitrogen and oxygen atoms in total. The summed E-state index contributed by atoms with van der Waals surface area (Å²) in [7, 11) is 0. The molecular formula is C17H30ClNO. The number of aryl methyl sites for hydroxylation is 1. The van der Waals surface area contributed by atoms with Crippen molar-refractivity contribution in [2.45, 2.75) is 47.1 Å². The Hall–Kier alpha value is -0.570. The van der Waals surface area contributed by atoms with Crippen molar-refractivity contribution in [2.24, 2.45) is 0 Å². The van der Waals surface area contributed by atoms with Crippen LogP contribution in [0.25, 0.3) is 0 Å². The first-order valence-electron chi connectivity index (χ1n) is 7.48. The minimum atomic E-state index is 0. The molecule has 0 aliphatic carbocycles. The normalized spacial score (nSPS) is 10.9. The van der Waals surface area contributed by atoms with Gasteiger partial charge in [0, 0.05) is 6.54 Å². The molecule has 20 heavy (non-hydrogen) atoms. The minimum absolute atomic E-state index is 0. The Balaban J connectivity index is 0.00000361. The zero-order valence-electron chi connectivity index (χ0n) is 13.6. The second kappa shape index (κ2) is 10.2. The summed E-state index contributed by atoms with van der Waals surface area (Å²) in [5.74, 6) is 0.557. The molecule has 0 saturated heterocycles. The van der Waals surface area contributed by atoms with Gasteiger partial charge in [-0.05, 0) is 37.1 Å². The summed E-state index contributed by atoms with van der Waals surface area (Å²) >= 11 is 0. The lowest BCUT2D eigenvalue weighted by Crippen LogP contribution is -2.27. The van der Waals surface area contributed by atoms with E-state index in [1.165, 1.54) is 16.7 Å². The van der Waals surface area contributed by atoms with Gasteiger partial charge in [-0.1, -0.05) is 51.5 Å². The van der Waals surface area contributed by atoms with E-state index in [4.69, 9.17) is 4.74 Å². The van der Waals surface area contributed by atoms with Gasteiger partial charge in [-0.2, -0.15) is 0 Å². The fraction of sp³-hybridized carbons (Fsp3) is 0.647. The van der Waals surface area contributed by atoms with Crippen LogP contribution in [0.2, 0.25) is 0 Å². The second-order valence-corrected chi connectivity index (χ2v) is 5.44. The van der Waals surface area contributed by atoms with Gasteiger partial charge in [0.2, 0.25) is 0 Å². The number of rotatable bonds is 8. The van der Waals surface area contributed by atoms with E-state index in [9.17, 15) is 0 Å². The van der Waals surface area contributed by atoms with Gasteiger partial charge in [-0.25, -0.2) is 0 Å². The van der Waals surface area contributed by atoms with Crippen molar-refractivity contribution in [3.8, 4) is 0 Å². The van der Waals surface area contributed by atoms with Crippen LogP contribution in [0, 0.1) is 6.92 Å². The summed E-state index contributed by atoms with van der Waals surface area (Å²) in [5, 5.41) is 0. The molecule has 0 radical (unpaired) electrons. The molecule has 1 rings (SSSR count). The SMILES string of the molecule is CCN(CC)CCOCc1cc(C)ccc1C(C)C.Cl. The van der Waals surface area contributed by atoms with Gasteiger partial charge < -0.3 is 9.64 Å². The highest BCUT2D eigenvalue weighted by molar-refractivity contribution is 5.85.